The minimum Gasteiger partial charge on any atom is -0.389 e. The standard InChI is InChI=1S/C25H36F2N4O4/c1-3-5-19(6-4-2)31-14-16(12-21(31)32)24(34)30-20(11-15-9-17(26)13-18(27)10-15)23(33)22-25(35)29-8-7-28-22/h9-10,13,16,19-20,22-23,28,33H,3-8,11-12,14H2,1-2H3,(H,29,35)(H,30,34)/t16?,20-,22-,23-/m0/s1. The van der Waals surface area contributed by atoms with Gasteiger partial charge in [-0.1, -0.05) is 26.7 Å². The van der Waals surface area contributed by atoms with Crippen LogP contribution < -0.4 is 16.0 Å². The summed E-state index contributed by atoms with van der Waals surface area (Å²) in [5, 5.41) is 19.4. The first kappa shape index (κ1) is 27.0. The van der Waals surface area contributed by atoms with E-state index in [-0.39, 0.29) is 36.9 Å². The Balaban J connectivity index is 1.76. The van der Waals surface area contributed by atoms with Crippen molar-refractivity contribution in [3.8, 4) is 0 Å². The topological polar surface area (TPSA) is 111 Å². The Morgan fingerprint density at radius 2 is 1.80 bits per heavy atom. The number of aliphatic hydroxyl groups is 1. The molecule has 0 spiro atoms. The van der Waals surface area contributed by atoms with E-state index >= 15 is 0 Å². The lowest BCUT2D eigenvalue weighted by atomic mass is 9.94. The highest BCUT2D eigenvalue weighted by molar-refractivity contribution is 5.89. The van der Waals surface area contributed by atoms with Crippen LogP contribution in [0.1, 0.15) is 51.5 Å². The van der Waals surface area contributed by atoms with Crippen molar-refractivity contribution in [2.24, 2.45) is 5.92 Å². The molecule has 2 aliphatic rings. The van der Waals surface area contributed by atoms with Gasteiger partial charge in [-0.15, -0.1) is 0 Å². The van der Waals surface area contributed by atoms with Crippen LogP contribution in [-0.4, -0.2) is 71.6 Å². The first-order valence-corrected chi connectivity index (χ1v) is 12.5. The third-order valence-electron chi connectivity index (χ3n) is 6.74. The van der Waals surface area contributed by atoms with Crippen molar-refractivity contribution in [1.29, 1.82) is 0 Å². The molecule has 0 aromatic heterocycles. The fourth-order valence-electron chi connectivity index (χ4n) is 5.05. The van der Waals surface area contributed by atoms with Gasteiger partial charge in [0.1, 0.15) is 17.7 Å². The quantitative estimate of drug-likeness (QED) is 0.370. The second-order valence-corrected chi connectivity index (χ2v) is 9.49. The fraction of sp³-hybridized carbons (Fsp3) is 0.640. The molecule has 8 nitrogen and oxygen atoms in total. The number of halogens is 2. The van der Waals surface area contributed by atoms with E-state index in [4.69, 9.17) is 0 Å². The Morgan fingerprint density at radius 1 is 1.14 bits per heavy atom. The molecule has 2 heterocycles. The Bertz CT molecular complexity index is 889. The van der Waals surface area contributed by atoms with Gasteiger partial charge in [-0.05, 0) is 37.0 Å². The molecule has 0 radical (unpaired) electrons. The third kappa shape index (κ3) is 6.98. The predicted molar refractivity (Wildman–Crippen MR) is 126 cm³/mol. The van der Waals surface area contributed by atoms with Crippen LogP contribution in [0.25, 0.3) is 0 Å². The number of nitrogens with zero attached hydrogens (tertiary/aromatic N) is 1. The van der Waals surface area contributed by atoms with Crippen LogP contribution in [0.2, 0.25) is 0 Å². The number of hydrogen-bond acceptors (Lipinski definition) is 5. The normalized spacial score (nSPS) is 22.3. The highest BCUT2D eigenvalue weighted by Crippen LogP contribution is 2.25. The Kier molecular flexibility index (Phi) is 9.56. The number of likely N-dealkylation sites (tertiary alicyclic amines) is 1. The molecule has 1 aromatic carbocycles. The molecule has 0 aliphatic carbocycles. The summed E-state index contributed by atoms with van der Waals surface area (Å²) in [6.07, 6.45) is 2.21. The van der Waals surface area contributed by atoms with Gasteiger partial charge in [0.05, 0.1) is 18.1 Å². The molecule has 4 N–H and O–H groups in total. The van der Waals surface area contributed by atoms with Gasteiger partial charge in [0, 0.05) is 38.2 Å². The van der Waals surface area contributed by atoms with Gasteiger partial charge >= 0.3 is 0 Å². The summed E-state index contributed by atoms with van der Waals surface area (Å²) in [6, 6.07) is 1.09. The van der Waals surface area contributed by atoms with E-state index in [0.29, 0.717) is 13.1 Å². The van der Waals surface area contributed by atoms with Crippen molar-refractivity contribution in [3.63, 3.8) is 0 Å². The van der Waals surface area contributed by atoms with E-state index in [1.807, 2.05) is 0 Å². The van der Waals surface area contributed by atoms with Crippen LogP contribution >= 0.6 is 0 Å². The van der Waals surface area contributed by atoms with Crippen LogP contribution in [0.15, 0.2) is 18.2 Å². The lowest BCUT2D eigenvalue weighted by Crippen LogP contribution is -2.63. The van der Waals surface area contributed by atoms with Crippen LogP contribution in [-0.2, 0) is 20.8 Å². The van der Waals surface area contributed by atoms with Crippen LogP contribution in [0.3, 0.4) is 0 Å². The molecular formula is C25H36F2N4O4. The summed E-state index contributed by atoms with van der Waals surface area (Å²) in [7, 11) is 0. The number of hydrogen-bond donors (Lipinski definition) is 4. The zero-order valence-electron chi connectivity index (χ0n) is 20.4. The highest BCUT2D eigenvalue weighted by Gasteiger charge is 2.40. The molecule has 10 heteroatoms. The number of rotatable bonds is 11. The van der Waals surface area contributed by atoms with Crippen molar-refractivity contribution in [2.75, 3.05) is 19.6 Å². The van der Waals surface area contributed by atoms with Crippen LogP contribution in [0.5, 0.6) is 0 Å². The van der Waals surface area contributed by atoms with Gasteiger partial charge in [-0.25, -0.2) is 8.78 Å². The Hall–Kier alpha value is -2.59. The number of benzene rings is 1. The van der Waals surface area contributed by atoms with Crippen molar-refractivity contribution in [3.05, 3.63) is 35.4 Å². The molecule has 0 saturated carbocycles. The zero-order chi connectivity index (χ0) is 25.5. The second-order valence-electron chi connectivity index (χ2n) is 9.49. The molecule has 3 rings (SSSR count). The van der Waals surface area contributed by atoms with Crippen molar-refractivity contribution in [1.82, 2.24) is 20.9 Å². The number of carbonyl (C=O) groups is 3. The maximum absolute atomic E-state index is 13.8. The predicted octanol–water partition coefficient (Wildman–Crippen LogP) is 1.26. The summed E-state index contributed by atoms with van der Waals surface area (Å²) >= 11 is 0. The number of amides is 3. The first-order valence-electron chi connectivity index (χ1n) is 12.5. The van der Waals surface area contributed by atoms with E-state index in [2.05, 4.69) is 29.8 Å². The zero-order valence-corrected chi connectivity index (χ0v) is 20.4. The first-order chi connectivity index (χ1) is 16.7. The molecule has 0 bridgehead atoms. The lowest BCUT2D eigenvalue weighted by Gasteiger charge is -2.33. The van der Waals surface area contributed by atoms with Gasteiger partial charge in [0.2, 0.25) is 17.7 Å². The van der Waals surface area contributed by atoms with E-state index in [9.17, 15) is 28.3 Å². The summed E-state index contributed by atoms with van der Waals surface area (Å²) in [5.74, 6) is -3.08. The third-order valence-corrected chi connectivity index (χ3v) is 6.74. The van der Waals surface area contributed by atoms with Gasteiger partial charge in [0.25, 0.3) is 0 Å². The minimum atomic E-state index is -1.35. The smallest absolute Gasteiger partial charge is 0.239 e. The van der Waals surface area contributed by atoms with E-state index in [0.717, 1.165) is 43.9 Å². The number of carbonyl (C=O) groups excluding carboxylic acids is 3. The fourth-order valence-corrected chi connectivity index (χ4v) is 5.05. The summed E-state index contributed by atoms with van der Waals surface area (Å²) in [6.45, 7) is 5.25. The van der Waals surface area contributed by atoms with Crippen molar-refractivity contribution in [2.45, 2.75) is 76.6 Å². The van der Waals surface area contributed by atoms with Crippen molar-refractivity contribution < 1.29 is 28.3 Å². The summed E-state index contributed by atoms with van der Waals surface area (Å²) < 4.78 is 27.6. The van der Waals surface area contributed by atoms with E-state index in [1.165, 1.54) is 0 Å². The number of aliphatic hydroxyl groups excluding tert-OH is 1. The van der Waals surface area contributed by atoms with Gasteiger partial charge in [-0.2, -0.15) is 0 Å². The maximum Gasteiger partial charge on any atom is 0.239 e. The Labute approximate surface area is 204 Å². The molecule has 3 amide bonds. The largest absolute Gasteiger partial charge is 0.389 e. The molecule has 2 fully saturated rings. The van der Waals surface area contributed by atoms with E-state index in [1.54, 1.807) is 4.90 Å². The second kappa shape index (κ2) is 12.4. The van der Waals surface area contributed by atoms with Crippen LogP contribution in [0.4, 0.5) is 8.78 Å². The summed E-state index contributed by atoms with van der Waals surface area (Å²) in [4.78, 5) is 40.0. The molecule has 1 aromatic rings. The van der Waals surface area contributed by atoms with Gasteiger partial charge in [0.15, 0.2) is 0 Å². The molecule has 2 saturated heterocycles. The van der Waals surface area contributed by atoms with Crippen LogP contribution in [0, 0.1) is 17.6 Å². The molecule has 1 unspecified atom stereocenters. The number of piperazine rings is 1. The molecule has 4 atom stereocenters. The molecule has 194 valence electrons. The molecule has 35 heavy (non-hydrogen) atoms. The maximum atomic E-state index is 13.8. The average Bonchev–Trinajstić information content (AvgIpc) is 3.19. The Morgan fingerprint density at radius 3 is 2.40 bits per heavy atom. The summed E-state index contributed by atoms with van der Waals surface area (Å²) in [5.41, 5.74) is 0.234. The monoisotopic (exact) mass is 494 g/mol. The highest BCUT2D eigenvalue weighted by atomic mass is 19.1. The van der Waals surface area contributed by atoms with Gasteiger partial charge in [-0.3, -0.25) is 14.4 Å². The van der Waals surface area contributed by atoms with E-state index < -0.39 is 47.6 Å². The average molecular weight is 495 g/mol. The lowest BCUT2D eigenvalue weighted by molar-refractivity contribution is -0.131. The number of nitrogens with one attached hydrogen (secondary N) is 3. The molecule has 2 aliphatic heterocycles. The van der Waals surface area contributed by atoms with Gasteiger partial charge < -0.3 is 26.0 Å². The SMILES string of the molecule is CCCC(CCC)N1CC(C(=O)N[C@@H](Cc2cc(F)cc(F)c2)[C@H](O)[C@@H]2NCCNC2=O)CC1=O. The van der Waals surface area contributed by atoms with Crippen molar-refractivity contribution >= 4 is 17.7 Å². The minimum absolute atomic E-state index is 0.0648. The molecular weight excluding hydrogens is 458 g/mol.